The summed E-state index contributed by atoms with van der Waals surface area (Å²) in [6.07, 6.45) is 3.87. The predicted octanol–water partition coefficient (Wildman–Crippen LogP) is 2.89. The first kappa shape index (κ1) is 13.2. The average Bonchev–Trinajstić information content (AvgIpc) is 3.07. The number of hydrogen-bond donors (Lipinski definition) is 2. The van der Waals surface area contributed by atoms with Gasteiger partial charge in [-0.05, 0) is 45.4 Å². The number of Topliss-reactive ketones (excluding diaryl/α,β-unsaturated/α-hetero) is 1. The van der Waals surface area contributed by atoms with Crippen molar-refractivity contribution in [3.8, 4) is 5.75 Å². The summed E-state index contributed by atoms with van der Waals surface area (Å²) in [5.41, 5.74) is 1.68. The van der Waals surface area contributed by atoms with Gasteiger partial charge in [0.15, 0.2) is 5.78 Å². The van der Waals surface area contributed by atoms with E-state index >= 15 is 0 Å². The molecule has 1 fully saturated rings. The minimum absolute atomic E-state index is 0.0545. The normalized spacial score (nSPS) is 18.9. The number of rotatable bonds is 4. The quantitative estimate of drug-likeness (QED) is 0.841. The summed E-state index contributed by atoms with van der Waals surface area (Å²) in [6, 6.07) is 5.79. The van der Waals surface area contributed by atoms with E-state index in [4.69, 9.17) is 4.74 Å². The molecule has 0 bridgehead atoms. The number of fused-ring (bicyclic) bond motifs is 1. The van der Waals surface area contributed by atoms with Gasteiger partial charge in [-0.15, -0.1) is 0 Å². The number of ether oxygens (including phenoxy) is 1. The van der Waals surface area contributed by atoms with E-state index in [1.54, 1.807) is 6.20 Å². The first-order chi connectivity index (χ1) is 9.66. The number of carbonyl (C=O) groups excluding carboxylic acids is 1. The highest BCUT2D eigenvalue weighted by Gasteiger charge is 2.26. The summed E-state index contributed by atoms with van der Waals surface area (Å²) in [4.78, 5) is 15.8. The van der Waals surface area contributed by atoms with Crippen LogP contribution in [0.25, 0.3) is 10.9 Å². The zero-order valence-corrected chi connectivity index (χ0v) is 11.9. The highest BCUT2D eigenvalue weighted by Crippen LogP contribution is 2.31. The third-order valence-corrected chi connectivity index (χ3v) is 3.67. The molecule has 0 amide bonds. The molecule has 4 nitrogen and oxygen atoms in total. The van der Waals surface area contributed by atoms with Gasteiger partial charge in [0, 0.05) is 17.3 Å². The topological polar surface area (TPSA) is 54.1 Å². The minimum atomic E-state index is -0.0545. The van der Waals surface area contributed by atoms with E-state index in [1.165, 1.54) is 0 Å². The average molecular weight is 272 g/mol. The Bertz CT molecular complexity index is 624. The fourth-order valence-corrected chi connectivity index (χ4v) is 2.79. The fourth-order valence-electron chi connectivity index (χ4n) is 2.79. The maximum atomic E-state index is 12.6. The Labute approximate surface area is 118 Å². The molecule has 2 heterocycles. The molecule has 2 aromatic rings. The lowest BCUT2D eigenvalue weighted by Gasteiger charge is -2.13. The van der Waals surface area contributed by atoms with Gasteiger partial charge in [-0.2, -0.15) is 0 Å². The Balaban J connectivity index is 2.04. The molecule has 0 aliphatic carbocycles. The van der Waals surface area contributed by atoms with E-state index in [0.717, 1.165) is 41.6 Å². The Morgan fingerprint density at radius 3 is 2.95 bits per heavy atom. The maximum Gasteiger partial charge on any atom is 0.182 e. The Morgan fingerprint density at radius 1 is 1.40 bits per heavy atom. The second-order valence-corrected chi connectivity index (χ2v) is 5.56. The molecule has 1 saturated heterocycles. The third kappa shape index (κ3) is 2.31. The smallest absolute Gasteiger partial charge is 0.182 e. The molecule has 1 aromatic carbocycles. The van der Waals surface area contributed by atoms with E-state index in [0.29, 0.717) is 0 Å². The second kappa shape index (κ2) is 5.29. The number of benzene rings is 1. The van der Waals surface area contributed by atoms with Gasteiger partial charge in [0.2, 0.25) is 0 Å². The van der Waals surface area contributed by atoms with E-state index in [-0.39, 0.29) is 17.9 Å². The first-order valence-electron chi connectivity index (χ1n) is 7.21. The summed E-state index contributed by atoms with van der Waals surface area (Å²) in [7, 11) is 0. The lowest BCUT2D eigenvalue weighted by Crippen LogP contribution is -2.30. The lowest BCUT2D eigenvalue weighted by atomic mass is 10.0. The van der Waals surface area contributed by atoms with Gasteiger partial charge in [0.05, 0.1) is 17.5 Å². The van der Waals surface area contributed by atoms with Crippen molar-refractivity contribution in [2.75, 3.05) is 6.54 Å². The number of H-pyrrole nitrogens is 1. The summed E-state index contributed by atoms with van der Waals surface area (Å²) in [5, 5.41) is 4.17. The molecule has 4 heteroatoms. The largest absolute Gasteiger partial charge is 0.490 e. The molecular weight excluding hydrogens is 252 g/mol. The summed E-state index contributed by atoms with van der Waals surface area (Å²) in [6.45, 7) is 4.91. The molecule has 1 aliphatic heterocycles. The fraction of sp³-hybridized carbons (Fsp3) is 0.438. The van der Waals surface area contributed by atoms with Gasteiger partial charge in [0.25, 0.3) is 0 Å². The molecule has 0 spiro atoms. The van der Waals surface area contributed by atoms with Gasteiger partial charge in [-0.3, -0.25) is 4.79 Å². The highest BCUT2D eigenvalue weighted by atomic mass is 16.5. The minimum Gasteiger partial charge on any atom is -0.490 e. The molecule has 20 heavy (non-hydrogen) atoms. The SMILES string of the molecule is CC(C)Oc1cccc2[nH]cc(C(=O)C3CCCN3)c12. The lowest BCUT2D eigenvalue weighted by molar-refractivity contribution is 0.0953. The van der Waals surface area contributed by atoms with Crippen molar-refractivity contribution in [3.05, 3.63) is 30.0 Å². The first-order valence-corrected chi connectivity index (χ1v) is 7.21. The van der Waals surface area contributed by atoms with Crippen LogP contribution >= 0.6 is 0 Å². The Kier molecular flexibility index (Phi) is 3.49. The molecule has 1 aromatic heterocycles. The molecule has 3 rings (SSSR count). The van der Waals surface area contributed by atoms with Crippen LogP contribution in [0.3, 0.4) is 0 Å². The molecule has 0 saturated carbocycles. The van der Waals surface area contributed by atoms with Crippen LogP contribution < -0.4 is 10.1 Å². The van der Waals surface area contributed by atoms with Crippen molar-refractivity contribution in [1.29, 1.82) is 0 Å². The zero-order valence-electron chi connectivity index (χ0n) is 11.9. The maximum absolute atomic E-state index is 12.6. The van der Waals surface area contributed by atoms with Crippen molar-refractivity contribution in [3.63, 3.8) is 0 Å². The molecule has 1 atom stereocenters. The molecule has 2 N–H and O–H groups in total. The van der Waals surface area contributed by atoms with Crippen LogP contribution in [0.4, 0.5) is 0 Å². The predicted molar refractivity (Wildman–Crippen MR) is 79.4 cm³/mol. The Morgan fingerprint density at radius 2 is 2.25 bits per heavy atom. The molecule has 1 unspecified atom stereocenters. The molecule has 0 radical (unpaired) electrons. The number of aromatic nitrogens is 1. The van der Waals surface area contributed by atoms with E-state index in [9.17, 15) is 4.79 Å². The van der Waals surface area contributed by atoms with Gasteiger partial charge in [-0.25, -0.2) is 0 Å². The second-order valence-electron chi connectivity index (χ2n) is 5.56. The van der Waals surface area contributed by atoms with Gasteiger partial charge >= 0.3 is 0 Å². The number of aromatic amines is 1. The third-order valence-electron chi connectivity index (χ3n) is 3.67. The van der Waals surface area contributed by atoms with Gasteiger partial charge in [-0.1, -0.05) is 6.07 Å². The van der Waals surface area contributed by atoms with Crippen molar-refractivity contribution in [2.45, 2.75) is 38.8 Å². The molecule has 1 aliphatic rings. The van der Waals surface area contributed by atoms with Crippen LogP contribution in [-0.4, -0.2) is 29.5 Å². The highest BCUT2D eigenvalue weighted by molar-refractivity contribution is 6.12. The van der Waals surface area contributed by atoms with Crippen molar-refractivity contribution < 1.29 is 9.53 Å². The van der Waals surface area contributed by atoms with Crippen LogP contribution in [0, 0.1) is 0 Å². The van der Waals surface area contributed by atoms with Crippen LogP contribution in [0.5, 0.6) is 5.75 Å². The van der Waals surface area contributed by atoms with Crippen molar-refractivity contribution in [2.24, 2.45) is 0 Å². The van der Waals surface area contributed by atoms with E-state index in [1.807, 2.05) is 32.0 Å². The standard InChI is InChI=1S/C16H20N2O2/c1-10(2)20-14-7-3-5-12-15(14)11(9-18-12)16(19)13-6-4-8-17-13/h3,5,7,9-10,13,17-18H,4,6,8H2,1-2H3. The van der Waals surface area contributed by atoms with Crippen molar-refractivity contribution >= 4 is 16.7 Å². The molecule has 106 valence electrons. The van der Waals surface area contributed by atoms with Crippen molar-refractivity contribution in [1.82, 2.24) is 10.3 Å². The number of carbonyl (C=O) groups is 1. The Hall–Kier alpha value is -1.81. The van der Waals surface area contributed by atoms with Crippen LogP contribution in [0.1, 0.15) is 37.0 Å². The molecular formula is C16H20N2O2. The van der Waals surface area contributed by atoms with Crippen LogP contribution in [-0.2, 0) is 0 Å². The summed E-state index contributed by atoms with van der Waals surface area (Å²) >= 11 is 0. The number of hydrogen-bond acceptors (Lipinski definition) is 3. The van der Waals surface area contributed by atoms with E-state index < -0.39 is 0 Å². The zero-order chi connectivity index (χ0) is 14.1. The van der Waals surface area contributed by atoms with Crippen LogP contribution in [0.2, 0.25) is 0 Å². The summed E-state index contributed by atoms with van der Waals surface area (Å²) < 4.78 is 5.85. The van der Waals surface area contributed by atoms with Crippen LogP contribution in [0.15, 0.2) is 24.4 Å². The monoisotopic (exact) mass is 272 g/mol. The van der Waals surface area contributed by atoms with Gasteiger partial charge < -0.3 is 15.0 Å². The number of nitrogens with one attached hydrogen (secondary N) is 2. The van der Waals surface area contributed by atoms with E-state index in [2.05, 4.69) is 10.3 Å². The number of ketones is 1. The summed E-state index contributed by atoms with van der Waals surface area (Å²) in [5.74, 6) is 0.939. The van der Waals surface area contributed by atoms with Gasteiger partial charge in [0.1, 0.15) is 5.75 Å².